The highest BCUT2D eigenvalue weighted by Gasteiger charge is 2.63. The minimum atomic E-state index is -1.38. The first kappa shape index (κ1) is 23.8. The molecule has 40 heavy (non-hydrogen) atoms. The van der Waals surface area contributed by atoms with E-state index in [-0.39, 0.29) is 5.91 Å². The Labute approximate surface area is 233 Å². The van der Waals surface area contributed by atoms with Crippen LogP contribution in [0.25, 0.3) is 0 Å². The molecular formula is C35H26N4O. The van der Waals surface area contributed by atoms with Gasteiger partial charge in [0.25, 0.3) is 5.91 Å². The van der Waals surface area contributed by atoms with Crippen LogP contribution in [-0.4, -0.2) is 23.1 Å². The summed E-state index contributed by atoms with van der Waals surface area (Å²) in [5.74, 6) is -0.00987. The Morgan fingerprint density at radius 3 is 1.60 bits per heavy atom. The third-order valence-electron chi connectivity index (χ3n) is 7.46. The molecule has 192 valence electrons. The van der Waals surface area contributed by atoms with E-state index in [9.17, 15) is 0 Å². The summed E-state index contributed by atoms with van der Waals surface area (Å²) in [5.41, 5.74) is 3.78. The van der Waals surface area contributed by atoms with Crippen molar-refractivity contribution >= 4 is 28.8 Å². The molecule has 1 amide bonds. The summed E-state index contributed by atoms with van der Waals surface area (Å²) >= 11 is 0. The molecule has 0 saturated carbocycles. The molecule has 2 aliphatic heterocycles. The van der Waals surface area contributed by atoms with E-state index in [1.165, 1.54) is 0 Å². The monoisotopic (exact) mass is 518 g/mol. The van der Waals surface area contributed by atoms with Crippen LogP contribution in [0.2, 0.25) is 0 Å². The van der Waals surface area contributed by atoms with Gasteiger partial charge in [0.2, 0.25) is 5.66 Å². The van der Waals surface area contributed by atoms with Crippen LogP contribution in [0.15, 0.2) is 162 Å². The van der Waals surface area contributed by atoms with Crippen molar-refractivity contribution in [2.75, 3.05) is 9.91 Å². The van der Waals surface area contributed by atoms with Crippen LogP contribution in [0, 0.1) is 0 Å². The number of carbonyl (C=O) groups excluding carboxylic acids is 1. The molecule has 2 heterocycles. The molecule has 5 aromatic carbocycles. The number of amides is 1. The van der Waals surface area contributed by atoms with Gasteiger partial charge in [-0.25, -0.2) is 10.0 Å². The SMILES string of the molecule is O=C1N(c2ccccc2)C(c2ccccc2)=N[C@]12[C@H](c1ccccc1)C(c1ccccc1)=NN2c1ccccc1. The number of anilines is 2. The minimum absolute atomic E-state index is 0.148. The van der Waals surface area contributed by atoms with E-state index >= 15 is 4.79 Å². The molecule has 5 heteroatoms. The standard InChI is InChI=1S/C35H26N4O/c40-34-35(36-33(28-20-10-3-11-21-28)38(34)29-22-12-4-13-23-29)31(26-16-6-1-7-17-26)32(27-18-8-2-9-19-27)37-39(35)30-24-14-5-15-25-30/h1-25,31H/t31-,35+/m1/s1. The largest absolute Gasteiger partial charge is 0.284 e. The predicted molar refractivity (Wildman–Crippen MR) is 161 cm³/mol. The van der Waals surface area contributed by atoms with E-state index in [0.29, 0.717) is 5.84 Å². The van der Waals surface area contributed by atoms with Crippen molar-refractivity contribution in [3.63, 3.8) is 0 Å². The molecule has 0 aliphatic carbocycles. The summed E-state index contributed by atoms with van der Waals surface area (Å²) in [7, 11) is 0. The van der Waals surface area contributed by atoms with Crippen molar-refractivity contribution < 1.29 is 4.79 Å². The van der Waals surface area contributed by atoms with Crippen LogP contribution in [0.4, 0.5) is 11.4 Å². The van der Waals surface area contributed by atoms with Gasteiger partial charge in [0.05, 0.1) is 23.0 Å². The van der Waals surface area contributed by atoms with Gasteiger partial charge in [0.15, 0.2) is 0 Å². The van der Waals surface area contributed by atoms with Gasteiger partial charge in [-0.3, -0.25) is 9.69 Å². The third-order valence-corrected chi connectivity index (χ3v) is 7.46. The van der Waals surface area contributed by atoms with Gasteiger partial charge in [-0.1, -0.05) is 127 Å². The first-order chi connectivity index (χ1) is 19.8. The van der Waals surface area contributed by atoms with Gasteiger partial charge < -0.3 is 0 Å². The van der Waals surface area contributed by atoms with Crippen molar-refractivity contribution in [2.24, 2.45) is 10.1 Å². The van der Waals surface area contributed by atoms with Crippen LogP contribution in [0.1, 0.15) is 22.6 Å². The maximum atomic E-state index is 15.2. The molecule has 0 saturated heterocycles. The number of para-hydroxylation sites is 2. The Morgan fingerprint density at radius 2 is 1.02 bits per heavy atom. The van der Waals surface area contributed by atoms with Crippen LogP contribution in [0.5, 0.6) is 0 Å². The van der Waals surface area contributed by atoms with Gasteiger partial charge in [0.1, 0.15) is 5.84 Å². The highest BCUT2D eigenvalue weighted by atomic mass is 16.2. The molecule has 1 spiro atoms. The van der Waals surface area contributed by atoms with E-state index in [2.05, 4.69) is 12.1 Å². The van der Waals surface area contributed by atoms with Crippen molar-refractivity contribution in [3.8, 4) is 0 Å². The lowest BCUT2D eigenvalue weighted by Crippen LogP contribution is -2.55. The number of rotatable bonds is 5. The molecule has 7 rings (SSSR count). The maximum absolute atomic E-state index is 15.2. The number of benzene rings is 5. The fourth-order valence-electron chi connectivity index (χ4n) is 5.69. The highest BCUT2D eigenvalue weighted by molar-refractivity contribution is 6.32. The topological polar surface area (TPSA) is 48.3 Å². The zero-order valence-corrected chi connectivity index (χ0v) is 21.7. The number of hydrogen-bond acceptors (Lipinski definition) is 4. The fourth-order valence-corrected chi connectivity index (χ4v) is 5.69. The Kier molecular flexibility index (Phi) is 5.82. The minimum Gasteiger partial charge on any atom is -0.269 e. The lowest BCUT2D eigenvalue weighted by Gasteiger charge is -2.35. The maximum Gasteiger partial charge on any atom is 0.284 e. The molecule has 0 N–H and O–H groups in total. The third kappa shape index (κ3) is 3.75. The molecule has 0 bridgehead atoms. The molecule has 0 fully saturated rings. The lowest BCUT2D eigenvalue weighted by atomic mass is 9.80. The zero-order chi connectivity index (χ0) is 26.9. The normalized spacial score (nSPS) is 20.1. The molecule has 0 aromatic heterocycles. The number of hydrogen-bond donors (Lipinski definition) is 0. The second-order valence-electron chi connectivity index (χ2n) is 9.85. The van der Waals surface area contributed by atoms with Crippen LogP contribution in [0.3, 0.4) is 0 Å². The quantitative estimate of drug-likeness (QED) is 0.255. The summed E-state index contributed by atoms with van der Waals surface area (Å²) in [6, 6.07) is 49.8. The van der Waals surface area contributed by atoms with Crippen molar-refractivity contribution in [1.82, 2.24) is 0 Å². The summed E-state index contributed by atoms with van der Waals surface area (Å²) in [4.78, 5) is 22.3. The van der Waals surface area contributed by atoms with Crippen molar-refractivity contribution in [3.05, 3.63) is 168 Å². The number of amidine groups is 1. The predicted octanol–water partition coefficient (Wildman–Crippen LogP) is 6.88. The Hall–Kier alpha value is -5.29. The van der Waals surface area contributed by atoms with Crippen molar-refractivity contribution in [1.29, 1.82) is 0 Å². The zero-order valence-electron chi connectivity index (χ0n) is 21.7. The van der Waals surface area contributed by atoms with E-state index < -0.39 is 11.6 Å². The Bertz CT molecular complexity index is 1700. The summed E-state index contributed by atoms with van der Waals surface area (Å²) in [6.45, 7) is 0. The van der Waals surface area contributed by atoms with E-state index in [1.807, 2.05) is 145 Å². The first-order valence-corrected chi connectivity index (χ1v) is 13.4. The number of aliphatic imine (C=N–C) groups is 1. The molecular weight excluding hydrogens is 492 g/mol. The van der Waals surface area contributed by atoms with Gasteiger partial charge in [-0.05, 0) is 35.4 Å². The molecule has 0 radical (unpaired) electrons. The summed E-state index contributed by atoms with van der Waals surface area (Å²) in [6.07, 6.45) is 0. The van der Waals surface area contributed by atoms with Crippen LogP contribution in [-0.2, 0) is 4.79 Å². The van der Waals surface area contributed by atoms with E-state index in [4.69, 9.17) is 10.1 Å². The van der Waals surface area contributed by atoms with E-state index in [1.54, 1.807) is 4.90 Å². The average molecular weight is 519 g/mol. The smallest absolute Gasteiger partial charge is 0.269 e. The highest BCUT2D eigenvalue weighted by Crippen LogP contribution is 2.50. The summed E-state index contributed by atoms with van der Waals surface area (Å²) < 4.78 is 0. The van der Waals surface area contributed by atoms with E-state index in [0.717, 1.165) is 33.8 Å². The molecule has 5 nitrogen and oxygen atoms in total. The van der Waals surface area contributed by atoms with Gasteiger partial charge in [0, 0.05) is 5.56 Å². The molecule has 5 aromatic rings. The van der Waals surface area contributed by atoms with Crippen LogP contribution < -0.4 is 9.91 Å². The van der Waals surface area contributed by atoms with Gasteiger partial charge in [-0.15, -0.1) is 0 Å². The molecule has 2 aliphatic rings. The summed E-state index contributed by atoms with van der Waals surface area (Å²) in [5, 5.41) is 7.06. The van der Waals surface area contributed by atoms with Crippen molar-refractivity contribution in [2.45, 2.75) is 11.6 Å². The second-order valence-corrected chi connectivity index (χ2v) is 9.85. The van der Waals surface area contributed by atoms with Crippen LogP contribution >= 0.6 is 0 Å². The average Bonchev–Trinajstić information content (AvgIpc) is 3.54. The Balaban J connectivity index is 1.54. The fraction of sp³-hybridized carbons (Fsp3) is 0.0571. The number of nitrogens with zero attached hydrogens (tertiary/aromatic N) is 4. The number of carbonyl (C=O) groups is 1. The second kappa shape index (κ2) is 9.79. The Morgan fingerprint density at radius 1 is 0.550 bits per heavy atom. The first-order valence-electron chi connectivity index (χ1n) is 13.4. The lowest BCUT2D eigenvalue weighted by molar-refractivity contribution is -0.121. The molecule has 0 unspecified atom stereocenters. The molecule has 2 atom stereocenters. The van der Waals surface area contributed by atoms with Gasteiger partial charge in [-0.2, -0.15) is 5.10 Å². The number of hydrazone groups is 1. The van der Waals surface area contributed by atoms with Gasteiger partial charge >= 0.3 is 0 Å².